The highest BCUT2D eigenvalue weighted by Crippen LogP contribution is 2.14. The summed E-state index contributed by atoms with van der Waals surface area (Å²) < 4.78 is 0. The van der Waals surface area contributed by atoms with Gasteiger partial charge in [-0.1, -0.05) is 0 Å². The van der Waals surface area contributed by atoms with Crippen molar-refractivity contribution >= 4 is 5.69 Å². The molecule has 0 aliphatic rings. The number of hydrogen-bond donors (Lipinski definition) is 2. The molecule has 1 heterocycles. The molecule has 17 heavy (non-hydrogen) atoms. The fourth-order valence-electron chi connectivity index (χ4n) is 0.928. The van der Waals surface area contributed by atoms with Crippen molar-refractivity contribution in [3.63, 3.8) is 0 Å². The van der Waals surface area contributed by atoms with Gasteiger partial charge in [-0.2, -0.15) is 0 Å². The van der Waals surface area contributed by atoms with Gasteiger partial charge < -0.3 is 10.2 Å². The van der Waals surface area contributed by atoms with Gasteiger partial charge >= 0.3 is 0 Å². The Morgan fingerprint density at radius 3 is 2.06 bits per heavy atom. The number of benzene rings is 1. The summed E-state index contributed by atoms with van der Waals surface area (Å²) in [7, 11) is 0. The van der Waals surface area contributed by atoms with Gasteiger partial charge in [0.25, 0.3) is 5.69 Å². The summed E-state index contributed by atoms with van der Waals surface area (Å²) in [4.78, 5) is 13.2. The third kappa shape index (κ3) is 4.61. The van der Waals surface area contributed by atoms with E-state index in [1.807, 2.05) is 0 Å². The number of non-ortho nitro benzene ring substituents is 1. The molecule has 2 aromatic rings. The van der Waals surface area contributed by atoms with Gasteiger partial charge in [-0.25, -0.2) is 0 Å². The third-order valence-electron chi connectivity index (χ3n) is 1.71. The summed E-state index contributed by atoms with van der Waals surface area (Å²) in [6.45, 7) is 0. The molecule has 0 radical (unpaired) electrons. The minimum atomic E-state index is -0.514. The third-order valence-corrected chi connectivity index (χ3v) is 1.71. The predicted molar refractivity (Wildman–Crippen MR) is 60.7 cm³/mol. The molecule has 0 atom stereocenters. The van der Waals surface area contributed by atoms with Crippen LogP contribution in [0.15, 0.2) is 48.8 Å². The zero-order valence-electron chi connectivity index (χ0n) is 8.72. The number of aromatic nitrogens is 1. The van der Waals surface area contributed by atoms with Crippen LogP contribution in [0.25, 0.3) is 0 Å². The molecule has 0 bridgehead atoms. The van der Waals surface area contributed by atoms with Gasteiger partial charge in [-0.3, -0.25) is 15.1 Å². The molecule has 0 spiro atoms. The lowest BCUT2D eigenvalue weighted by atomic mass is 10.3. The van der Waals surface area contributed by atoms with Crippen molar-refractivity contribution in [2.75, 3.05) is 0 Å². The van der Waals surface area contributed by atoms with E-state index in [9.17, 15) is 10.1 Å². The molecule has 0 unspecified atom stereocenters. The number of pyridine rings is 1. The van der Waals surface area contributed by atoms with Crippen LogP contribution in [-0.4, -0.2) is 20.1 Å². The zero-order valence-corrected chi connectivity index (χ0v) is 8.72. The topological polar surface area (TPSA) is 96.5 Å². The van der Waals surface area contributed by atoms with Crippen molar-refractivity contribution in [1.29, 1.82) is 0 Å². The second-order valence-corrected chi connectivity index (χ2v) is 2.98. The largest absolute Gasteiger partial charge is 0.508 e. The monoisotopic (exact) mass is 234 g/mol. The van der Waals surface area contributed by atoms with Gasteiger partial charge in [0.05, 0.1) is 11.1 Å². The number of nitro groups is 1. The lowest BCUT2D eigenvalue weighted by Crippen LogP contribution is -1.85. The van der Waals surface area contributed by atoms with E-state index in [0.717, 1.165) is 0 Å². The number of hydrogen-bond acceptors (Lipinski definition) is 5. The quantitative estimate of drug-likeness (QED) is 0.581. The summed E-state index contributed by atoms with van der Waals surface area (Å²) in [6.07, 6.45) is 3.00. The van der Waals surface area contributed by atoms with Crippen LogP contribution in [0.2, 0.25) is 0 Å². The van der Waals surface area contributed by atoms with Crippen molar-refractivity contribution < 1.29 is 15.1 Å². The van der Waals surface area contributed by atoms with Gasteiger partial charge in [0.1, 0.15) is 11.5 Å². The predicted octanol–water partition coefficient (Wildman–Crippen LogP) is 2.09. The molecule has 0 saturated carbocycles. The Kier molecular flexibility index (Phi) is 4.44. The summed E-state index contributed by atoms with van der Waals surface area (Å²) >= 11 is 0. The van der Waals surface area contributed by atoms with E-state index in [1.54, 1.807) is 18.3 Å². The van der Waals surface area contributed by atoms with Gasteiger partial charge in [0.2, 0.25) is 0 Å². The number of rotatable bonds is 1. The van der Waals surface area contributed by atoms with Gasteiger partial charge in [-0.05, 0) is 24.3 Å². The minimum Gasteiger partial charge on any atom is -0.508 e. The van der Waals surface area contributed by atoms with Crippen LogP contribution in [0.3, 0.4) is 0 Å². The first kappa shape index (κ1) is 12.4. The molecule has 6 heteroatoms. The first-order valence-corrected chi connectivity index (χ1v) is 4.62. The number of phenolic OH excluding ortho intramolecular Hbond substituents is 1. The molecule has 0 fully saturated rings. The Hall–Kier alpha value is -2.63. The number of aromatic hydroxyl groups is 2. The molecular formula is C11H10N2O4. The second kappa shape index (κ2) is 6.06. The van der Waals surface area contributed by atoms with Gasteiger partial charge in [0.15, 0.2) is 0 Å². The van der Waals surface area contributed by atoms with Crippen LogP contribution in [0.4, 0.5) is 5.69 Å². The Morgan fingerprint density at radius 2 is 1.71 bits per heavy atom. The van der Waals surface area contributed by atoms with Gasteiger partial charge in [0, 0.05) is 18.3 Å². The molecule has 2 N–H and O–H groups in total. The number of nitro benzene ring substituents is 1. The second-order valence-electron chi connectivity index (χ2n) is 2.98. The van der Waals surface area contributed by atoms with E-state index >= 15 is 0 Å². The zero-order chi connectivity index (χ0) is 12.7. The normalized spacial score (nSPS) is 8.94. The number of nitrogens with zero attached hydrogens (tertiary/aromatic N) is 2. The molecule has 1 aromatic carbocycles. The summed E-state index contributed by atoms with van der Waals surface area (Å²) in [5.41, 5.74) is -0.0159. The van der Waals surface area contributed by atoms with Crippen LogP contribution < -0.4 is 0 Å². The van der Waals surface area contributed by atoms with E-state index in [-0.39, 0.29) is 17.2 Å². The van der Waals surface area contributed by atoms with Crippen LogP contribution in [0.1, 0.15) is 0 Å². The van der Waals surface area contributed by atoms with Crippen LogP contribution in [-0.2, 0) is 0 Å². The minimum absolute atomic E-state index is 0.0159. The molecular weight excluding hydrogens is 224 g/mol. The summed E-state index contributed by atoms with van der Waals surface area (Å²) in [5, 5.41) is 27.3. The highest BCUT2D eigenvalue weighted by molar-refractivity contribution is 5.34. The standard InChI is InChI=1S/C6H5NO3.C5H5NO/c8-6-3-1-5(2-4-6)7(9)10;7-5-2-1-3-6-4-5/h1-4,8H;1-4,7H. The Labute approximate surface area is 97.0 Å². The summed E-state index contributed by atoms with van der Waals surface area (Å²) in [5.74, 6) is 0.244. The SMILES string of the molecule is O=[N+]([O-])c1ccc(O)cc1.Oc1cccnc1. The number of phenols is 1. The maximum atomic E-state index is 10.0. The van der Waals surface area contributed by atoms with Crippen molar-refractivity contribution in [1.82, 2.24) is 4.98 Å². The van der Waals surface area contributed by atoms with E-state index in [0.29, 0.717) is 0 Å². The molecule has 2 rings (SSSR count). The molecule has 6 nitrogen and oxygen atoms in total. The average Bonchev–Trinajstić information content (AvgIpc) is 2.31. The van der Waals surface area contributed by atoms with Crippen LogP contribution in [0, 0.1) is 10.1 Å². The maximum absolute atomic E-state index is 10.0. The van der Waals surface area contributed by atoms with Crippen LogP contribution in [0.5, 0.6) is 11.5 Å². The van der Waals surface area contributed by atoms with Crippen LogP contribution >= 0.6 is 0 Å². The first-order chi connectivity index (χ1) is 8.09. The highest BCUT2D eigenvalue weighted by Gasteiger charge is 2.01. The lowest BCUT2D eigenvalue weighted by molar-refractivity contribution is -0.384. The van der Waals surface area contributed by atoms with Crippen molar-refractivity contribution in [2.24, 2.45) is 0 Å². The fraction of sp³-hybridized carbons (Fsp3) is 0. The first-order valence-electron chi connectivity index (χ1n) is 4.62. The maximum Gasteiger partial charge on any atom is 0.269 e. The molecule has 88 valence electrons. The van der Waals surface area contributed by atoms with E-state index in [1.165, 1.54) is 30.5 Å². The fourth-order valence-corrected chi connectivity index (χ4v) is 0.928. The van der Waals surface area contributed by atoms with Crippen molar-refractivity contribution in [3.8, 4) is 11.5 Å². The Balaban J connectivity index is 0.000000181. The average molecular weight is 234 g/mol. The Bertz CT molecular complexity index is 471. The molecule has 1 aromatic heterocycles. The highest BCUT2D eigenvalue weighted by atomic mass is 16.6. The molecule has 0 amide bonds. The summed E-state index contributed by atoms with van der Waals surface area (Å²) in [6, 6.07) is 8.29. The molecule has 0 aliphatic heterocycles. The van der Waals surface area contributed by atoms with E-state index in [2.05, 4.69) is 4.98 Å². The van der Waals surface area contributed by atoms with Gasteiger partial charge in [-0.15, -0.1) is 0 Å². The van der Waals surface area contributed by atoms with E-state index in [4.69, 9.17) is 10.2 Å². The molecule has 0 saturated heterocycles. The smallest absolute Gasteiger partial charge is 0.269 e. The van der Waals surface area contributed by atoms with Crippen molar-refractivity contribution in [2.45, 2.75) is 0 Å². The Morgan fingerprint density at radius 1 is 1.06 bits per heavy atom. The van der Waals surface area contributed by atoms with E-state index < -0.39 is 4.92 Å². The lowest BCUT2D eigenvalue weighted by Gasteiger charge is -1.89. The molecule has 0 aliphatic carbocycles. The van der Waals surface area contributed by atoms with Crippen molar-refractivity contribution in [3.05, 3.63) is 58.9 Å².